The van der Waals surface area contributed by atoms with E-state index >= 15 is 0 Å². The second-order valence-corrected chi connectivity index (χ2v) is 6.17. The van der Waals surface area contributed by atoms with Crippen molar-refractivity contribution >= 4 is 0 Å². The normalized spacial score (nSPS) is 26.3. The van der Waals surface area contributed by atoms with Crippen LogP contribution in [-0.4, -0.2) is 17.3 Å². The average molecular weight is 271 g/mol. The van der Waals surface area contributed by atoms with E-state index in [2.05, 4.69) is 6.07 Å². The number of aliphatic hydroxyl groups is 1. The highest BCUT2D eigenvalue weighted by Gasteiger charge is 2.41. The number of hydrogen-bond acceptors (Lipinski definition) is 3. The van der Waals surface area contributed by atoms with E-state index in [0.717, 1.165) is 37.9 Å². The lowest BCUT2D eigenvalue weighted by atomic mass is 9.79. The molecule has 0 amide bonds. The zero-order valence-corrected chi connectivity index (χ0v) is 11.7. The van der Waals surface area contributed by atoms with Crippen molar-refractivity contribution in [3.8, 4) is 6.07 Å². The number of hydrogen-bond donors (Lipinski definition) is 1. The third kappa shape index (κ3) is 2.59. The van der Waals surface area contributed by atoms with Crippen LogP contribution in [-0.2, 0) is 4.74 Å². The molecule has 1 saturated heterocycles. The highest BCUT2D eigenvalue weighted by Crippen LogP contribution is 2.45. The van der Waals surface area contributed by atoms with Crippen molar-refractivity contribution in [1.29, 1.82) is 5.26 Å². The zero-order chi connectivity index (χ0) is 14.0. The van der Waals surface area contributed by atoms with Crippen LogP contribution in [0.25, 0.3) is 0 Å². The van der Waals surface area contributed by atoms with Gasteiger partial charge >= 0.3 is 0 Å². The lowest BCUT2D eigenvalue weighted by molar-refractivity contribution is -0.113. The fourth-order valence-corrected chi connectivity index (χ4v) is 3.77. The van der Waals surface area contributed by atoms with Gasteiger partial charge in [0.2, 0.25) is 0 Å². The molecule has 2 fully saturated rings. The van der Waals surface area contributed by atoms with Gasteiger partial charge in [-0.15, -0.1) is 0 Å². The van der Waals surface area contributed by atoms with Gasteiger partial charge in [-0.3, -0.25) is 0 Å². The molecule has 0 aromatic heterocycles. The van der Waals surface area contributed by atoms with E-state index in [1.807, 2.05) is 12.1 Å². The van der Waals surface area contributed by atoms with Crippen LogP contribution in [0.1, 0.15) is 55.8 Å². The number of ether oxygens (including phenoxy) is 1. The smallest absolute Gasteiger partial charge is 0.0991 e. The van der Waals surface area contributed by atoms with Crippen molar-refractivity contribution in [3.05, 3.63) is 35.4 Å². The molecule has 3 nitrogen and oxygen atoms in total. The Morgan fingerprint density at radius 1 is 1.35 bits per heavy atom. The minimum absolute atomic E-state index is 0.0245. The van der Waals surface area contributed by atoms with Crippen LogP contribution in [0.5, 0.6) is 0 Å². The van der Waals surface area contributed by atoms with Crippen LogP contribution < -0.4 is 0 Å². The lowest BCUT2D eigenvalue weighted by Crippen LogP contribution is -2.39. The van der Waals surface area contributed by atoms with Crippen molar-refractivity contribution in [2.24, 2.45) is 5.92 Å². The summed E-state index contributed by atoms with van der Waals surface area (Å²) in [6.45, 7) is 0.750. The largest absolute Gasteiger partial charge is 0.388 e. The summed E-state index contributed by atoms with van der Waals surface area (Å²) in [7, 11) is 0. The van der Waals surface area contributed by atoms with Gasteiger partial charge in [-0.1, -0.05) is 25.0 Å². The fourth-order valence-electron chi connectivity index (χ4n) is 3.77. The van der Waals surface area contributed by atoms with Crippen LogP contribution in [0.2, 0.25) is 0 Å². The highest BCUT2D eigenvalue weighted by atomic mass is 16.5. The molecule has 3 heteroatoms. The van der Waals surface area contributed by atoms with Gasteiger partial charge in [-0.2, -0.15) is 5.26 Å². The van der Waals surface area contributed by atoms with E-state index in [4.69, 9.17) is 10.00 Å². The van der Waals surface area contributed by atoms with Gasteiger partial charge < -0.3 is 9.84 Å². The molecule has 1 N–H and O–H groups in total. The van der Waals surface area contributed by atoms with Crippen molar-refractivity contribution < 1.29 is 9.84 Å². The molecule has 1 aromatic carbocycles. The van der Waals surface area contributed by atoms with Crippen molar-refractivity contribution in [3.63, 3.8) is 0 Å². The van der Waals surface area contributed by atoms with Crippen LogP contribution in [0.15, 0.2) is 24.3 Å². The quantitative estimate of drug-likeness (QED) is 0.897. The first-order chi connectivity index (χ1) is 9.72. The molecule has 1 heterocycles. The average Bonchev–Trinajstić information content (AvgIpc) is 2.94. The number of benzene rings is 1. The maximum Gasteiger partial charge on any atom is 0.0991 e. The van der Waals surface area contributed by atoms with Crippen LogP contribution in [0.3, 0.4) is 0 Å². The van der Waals surface area contributed by atoms with E-state index in [0.29, 0.717) is 5.56 Å². The molecule has 1 spiro atoms. The van der Waals surface area contributed by atoms with E-state index < -0.39 is 6.10 Å². The molecular formula is C17H21NO2. The summed E-state index contributed by atoms with van der Waals surface area (Å²) >= 11 is 0. The minimum Gasteiger partial charge on any atom is -0.388 e. The molecule has 3 rings (SSSR count). The first kappa shape index (κ1) is 13.6. The Balaban J connectivity index is 1.76. The molecule has 2 unspecified atom stereocenters. The molecular weight excluding hydrogens is 250 g/mol. The SMILES string of the molecule is N#Cc1cccc(C(O)C2CCOC3(CCCC3)C2)c1. The molecule has 1 saturated carbocycles. The maximum atomic E-state index is 10.6. The molecule has 106 valence electrons. The van der Waals surface area contributed by atoms with Gasteiger partial charge in [0.15, 0.2) is 0 Å². The highest BCUT2D eigenvalue weighted by molar-refractivity contribution is 5.34. The third-order valence-electron chi connectivity index (χ3n) is 4.85. The van der Waals surface area contributed by atoms with Gasteiger partial charge in [-0.05, 0) is 49.3 Å². The van der Waals surface area contributed by atoms with Crippen LogP contribution >= 0.6 is 0 Å². The summed E-state index contributed by atoms with van der Waals surface area (Å²) in [6, 6.07) is 9.49. The van der Waals surface area contributed by atoms with Gasteiger partial charge in [0.1, 0.15) is 0 Å². The first-order valence-electron chi connectivity index (χ1n) is 7.55. The maximum absolute atomic E-state index is 10.6. The van der Waals surface area contributed by atoms with Crippen molar-refractivity contribution in [2.75, 3.05) is 6.61 Å². The Labute approximate surface area is 120 Å². The second-order valence-electron chi connectivity index (χ2n) is 6.17. The Morgan fingerprint density at radius 3 is 2.90 bits per heavy atom. The molecule has 0 radical (unpaired) electrons. The minimum atomic E-state index is -0.482. The third-order valence-corrected chi connectivity index (χ3v) is 4.85. The molecule has 1 aromatic rings. The van der Waals surface area contributed by atoms with E-state index in [1.165, 1.54) is 12.8 Å². The predicted molar refractivity (Wildman–Crippen MR) is 76.0 cm³/mol. The van der Waals surface area contributed by atoms with Crippen molar-refractivity contribution in [2.45, 2.75) is 50.2 Å². The topological polar surface area (TPSA) is 53.2 Å². The van der Waals surface area contributed by atoms with E-state index in [-0.39, 0.29) is 11.5 Å². The first-order valence-corrected chi connectivity index (χ1v) is 7.55. The monoisotopic (exact) mass is 271 g/mol. The standard InChI is InChI=1S/C17H21NO2/c18-12-13-4-3-5-14(10-13)16(19)15-6-9-20-17(11-15)7-1-2-8-17/h3-5,10,15-16,19H,1-2,6-9,11H2. The Hall–Kier alpha value is -1.37. The molecule has 20 heavy (non-hydrogen) atoms. The Bertz CT molecular complexity index is 514. The Morgan fingerprint density at radius 2 is 2.15 bits per heavy atom. The molecule has 1 aliphatic heterocycles. The number of aliphatic hydroxyl groups excluding tert-OH is 1. The number of rotatable bonds is 2. The summed E-state index contributed by atoms with van der Waals surface area (Å²) in [5.41, 5.74) is 1.50. The van der Waals surface area contributed by atoms with E-state index in [9.17, 15) is 5.11 Å². The zero-order valence-electron chi connectivity index (χ0n) is 11.7. The van der Waals surface area contributed by atoms with Crippen LogP contribution in [0.4, 0.5) is 0 Å². The Kier molecular flexibility index (Phi) is 3.78. The summed E-state index contributed by atoms with van der Waals surface area (Å²) in [6.07, 6.45) is 6.12. The second kappa shape index (κ2) is 5.55. The fraction of sp³-hybridized carbons (Fsp3) is 0.588. The lowest BCUT2D eigenvalue weighted by Gasteiger charge is -2.40. The number of nitriles is 1. The molecule has 2 aliphatic rings. The van der Waals surface area contributed by atoms with Gasteiger partial charge in [0.05, 0.1) is 23.3 Å². The van der Waals surface area contributed by atoms with Gasteiger partial charge in [0, 0.05) is 6.61 Å². The summed E-state index contributed by atoms with van der Waals surface area (Å²) in [4.78, 5) is 0. The van der Waals surface area contributed by atoms with E-state index in [1.54, 1.807) is 12.1 Å². The predicted octanol–water partition coefficient (Wildman–Crippen LogP) is 3.33. The van der Waals surface area contributed by atoms with Gasteiger partial charge in [-0.25, -0.2) is 0 Å². The summed E-state index contributed by atoms with van der Waals surface area (Å²) < 4.78 is 6.02. The molecule has 1 aliphatic carbocycles. The summed E-state index contributed by atoms with van der Waals surface area (Å²) in [5.74, 6) is 0.246. The molecule has 0 bridgehead atoms. The molecule has 2 atom stereocenters. The van der Waals surface area contributed by atoms with Gasteiger partial charge in [0.25, 0.3) is 0 Å². The number of nitrogens with zero attached hydrogens (tertiary/aromatic N) is 1. The van der Waals surface area contributed by atoms with Crippen LogP contribution in [0, 0.1) is 17.2 Å². The summed E-state index contributed by atoms with van der Waals surface area (Å²) in [5, 5.41) is 19.6. The van der Waals surface area contributed by atoms with Crippen molar-refractivity contribution in [1.82, 2.24) is 0 Å².